The summed E-state index contributed by atoms with van der Waals surface area (Å²) in [6, 6.07) is 6.22. The second-order valence-corrected chi connectivity index (χ2v) is 9.37. The van der Waals surface area contributed by atoms with Crippen LogP contribution < -0.4 is 11.1 Å². The van der Waals surface area contributed by atoms with E-state index < -0.39 is 10.0 Å². The molecule has 2 aliphatic rings. The molecule has 0 unspecified atom stereocenters. The Bertz CT molecular complexity index is 719. The van der Waals surface area contributed by atoms with Crippen LogP contribution in [-0.2, 0) is 22.9 Å². The number of fused-ring (bicyclic) bond motifs is 1. The van der Waals surface area contributed by atoms with Crippen molar-refractivity contribution in [2.45, 2.75) is 19.3 Å². The average Bonchev–Trinajstić information content (AvgIpc) is 3.03. The molecule has 0 bridgehead atoms. The highest BCUT2D eigenvalue weighted by molar-refractivity contribution is 14.0. The Kier molecular flexibility index (Phi) is 7.84. The second kappa shape index (κ2) is 9.43. The second-order valence-electron chi connectivity index (χ2n) is 6.06. The maximum Gasteiger partial charge on any atom is 0.215 e. The smallest absolute Gasteiger partial charge is 0.215 e. The quantitative estimate of drug-likeness (QED) is 0.370. The minimum atomic E-state index is -3.23. The van der Waals surface area contributed by atoms with Gasteiger partial charge in [-0.2, -0.15) is 11.8 Å². The minimum absolute atomic E-state index is 0. The van der Waals surface area contributed by atoms with E-state index in [9.17, 15) is 8.42 Å². The van der Waals surface area contributed by atoms with Gasteiger partial charge in [0.05, 0.1) is 12.3 Å². The number of sulfonamides is 1. The standard InChI is InChI=1S/C16H24N4O2S2.HI/c17-16(19-15-5-4-13-2-1-3-14(13)12-15)18-6-11-24(21,22)20-7-9-23-10-8-20;/h4-5,12H,1-3,6-11H2,(H3,17,18,19);1H. The van der Waals surface area contributed by atoms with Crippen LogP contribution in [-0.4, -0.2) is 55.6 Å². The molecular formula is C16H25IN4O2S2. The maximum absolute atomic E-state index is 12.2. The van der Waals surface area contributed by atoms with E-state index >= 15 is 0 Å². The van der Waals surface area contributed by atoms with Crippen molar-refractivity contribution in [1.29, 1.82) is 0 Å². The first-order valence-electron chi connectivity index (χ1n) is 8.29. The SMILES string of the molecule is I.NC(=NCCS(=O)(=O)N1CCSCC1)Nc1ccc2c(c1)CCC2. The number of rotatable bonds is 5. The summed E-state index contributed by atoms with van der Waals surface area (Å²) in [6.45, 7) is 1.37. The normalized spacial score (nSPS) is 18.5. The zero-order valence-electron chi connectivity index (χ0n) is 14.1. The summed E-state index contributed by atoms with van der Waals surface area (Å²) in [5.41, 5.74) is 9.56. The highest BCUT2D eigenvalue weighted by Gasteiger charge is 2.23. The Morgan fingerprint density at radius 3 is 2.72 bits per heavy atom. The van der Waals surface area contributed by atoms with Gasteiger partial charge in [-0.05, 0) is 42.5 Å². The molecule has 0 atom stereocenters. The van der Waals surface area contributed by atoms with Gasteiger partial charge in [-0.15, -0.1) is 24.0 Å². The van der Waals surface area contributed by atoms with Crippen LogP contribution in [0.1, 0.15) is 17.5 Å². The van der Waals surface area contributed by atoms with E-state index in [2.05, 4.69) is 22.4 Å². The number of aryl methyl sites for hydroxylation is 2. The van der Waals surface area contributed by atoms with E-state index in [0.29, 0.717) is 13.1 Å². The van der Waals surface area contributed by atoms with Crippen LogP contribution in [0.4, 0.5) is 5.69 Å². The van der Waals surface area contributed by atoms with Gasteiger partial charge >= 0.3 is 0 Å². The molecule has 0 aromatic heterocycles. The lowest BCUT2D eigenvalue weighted by molar-refractivity contribution is 0.444. The molecular weight excluding hydrogens is 471 g/mol. The molecule has 0 spiro atoms. The number of thioether (sulfide) groups is 1. The van der Waals surface area contributed by atoms with Gasteiger partial charge in [0.25, 0.3) is 0 Å². The molecule has 1 heterocycles. The number of hydrogen-bond donors (Lipinski definition) is 2. The Hall–Kier alpha value is -0.520. The fraction of sp³-hybridized carbons (Fsp3) is 0.562. The molecule has 0 saturated carbocycles. The molecule has 9 heteroatoms. The molecule has 140 valence electrons. The predicted molar refractivity (Wildman–Crippen MR) is 117 cm³/mol. The van der Waals surface area contributed by atoms with Crippen LogP contribution >= 0.6 is 35.7 Å². The monoisotopic (exact) mass is 496 g/mol. The third-order valence-corrected chi connectivity index (χ3v) is 7.16. The van der Waals surface area contributed by atoms with Crippen LogP contribution in [0.5, 0.6) is 0 Å². The van der Waals surface area contributed by atoms with Gasteiger partial charge < -0.3 is 11.1 Å². The van der Waals surface area contributed by atoms with Gasteiger partial charge in [0.2, 0.25) is 10.0 Å². The Balaban J connectivity index is 0.00000225. The lowest BCUT2D eigenvalue weighted by atomic mass is 10.1. The van der Waals surface area contributed by atoms with Crippen LogP contribution in [0.3, 0.4) is 0 Å². The van der Waals surface area contributed by atoms with Gasteiger partial charge in [0.1, 0.15) is 0 Å². The summed E-state index contributed by atoms with van der Waals surface area (Å²) in [5, 5.41) is 3.05. The number of halogens is 1. The highest BCUT2D eigenvalue weighted by atomic mass is 127. The largest absolute Gasteiger partial charge is 0.370 e. The van der Waals surface area contributed by atoms with Crippen LogP contribution in [0.25, 0.3) is 0 Å². The molecule has 1 fully saturated rings. The first kappa shape index (κ1) is 20.8. The van der Waals surface area contributed by atoms with Crippen LogP contribution in [0.2, 0.25) is 0 Å². The van der Waals surface area contributed by atoms with E-state index in [4.69, 9.17) is 5.73 Å². The molecule has 1 aliphatic carbocycles. The summed E-state index contributed by atoms with van der Waals surface area (Å²) in [7, 11) is -3.23. The molecule has 3 rings (SSSR count). The Labute approximate surface area is 171 Å². The first-order valence-corrected chi connectivity index (χ1v) is 11.1. The van der Waals surface area contributed by atoms with E-state index in [-0.39, 0.29) is 42.2 Å². The molecule has 1 aromatic rings. The topological polar surface area (TPSA) is 87.8 Å². The van der Waals surface area contributed by atoms with Crippen molar-refractivity contribution >= 4 is 57.4 Å². The van der Waals surface area contributed by atoms with Crippen molar-refractivity contribution in [3.05, 3.63) is 29.3 Å². The molecule has 0 radical (unpaired) electrons. The molecule has 1 aliphatic heterocycles. The lowest BCUT2D eigenvalue weighted by Crippen LogP contribution is -2.40. The van der Waals surface area contributed by atoms with E-state index in [1.54, 1.807) is 16.1 Å². The fourth-order valence-electron chi connectivity index (χ4n) is 3.07. The van der Waals surface area contributed by atoms with Gasteiger partial charge in [0, 0.05) is 30.3 Å². The summed E-state index contributed by atoms with van der Waals surface area (Å²) in [5.74, 6) is 2.00. The number of hydrogen-bond acceptors (Lipinski definition) is 4. The van der Waals surface area contributed by atoms with E-state index in [1.807, 2.05) is 6.07 Å². The summed E-state index contributed by atoms with van der Waals surface area (Å²) in [4.78, 5) is 4.17. The number of guanidine groups is 1. The van der Waals surface area contributed by atoms with Crippen molar-refractivity contribution in [1.82, 2.24) is 4.31 Å². The van der Waals surface area contributed by atoms with Crippen molar-refractivity contribution in [3.8, 4) is 0 Å². The third-order valence-electron chi connectivity index (χ3n) is 4.37. The van der Waals surface area contributed by atoms with Gasteiger partial charge in [0.15, 0.2) is 5.96 Å². The van der Waals surface area contributed by atoms with Gasteiger partial charge in [-0.25, -0.2) is 12.7 Å². The molecule has 1 saturated heterocycles. The number of anilines is 1. The minimum Gasteiger partial charge on any atom is -0.370 e. The van der Waals surface area contributed by atoms with Crippen LogP contribution in [0.15, 0.2) is 23.2 Å². The van der Waals surface area contributed by atoms with Gasteiger partial charge in [-0.3, -0.25) is 4.99 Å². The van der Waals surface area contributed by atoms with Crippen LogP contribution in [0, 0.1) is 0 Å². The van der Waals surface area contributed by atoms with E-state index in [1.165, 1.54) is 17.5 Å². The predicted octanol–water partition coefficient (Wildman–Crippen LogP) is 1.90. The van der Waals surface area contributed by atoms with Crippen molar-refractivity contribution in [2.24, 2.45) is 10.7 Å². The number of nitrogens with one attached hydrogen (secondary N) is 1. The number of benzene rings is 1. The number of nitrogens with two attached hydrogens (primary N) is 1. The summed E-state index contributed by atoms with van der Waals surface area (Å²) < 4.78 is 26.0. The average molecular weight is 496 g/mol. The van der Waals surface area contributed by atoms with Crippen molar-refractivity contribution in [3.63, 3.8) is 0 Å². The first-order chi connectivity index (χ1) is 11.5. The van der Waals surface area contributed by atoms with Crippen molar-refractivity contribution < 1.29 is 8.42 Å². The molecule has 1 aromatic carbocycles. The Morgan fingerprint density at radius 1 is 1.24 bits per heavy atom. The Morgan fingerprint density at radius 2 is 1.96 bits per heavy atom. The molecule has 6 nitrogen and oxygen atoms in total. The number of nitrogens with zero attached hydrogens (tertiary/aromatic N) is 2. The van der Waals surface area contributed by atoms with E-state index in [0.717, 1.165) is 30.0 Å². The summed E-state index contributed by atoms with van der Waals surface area (Å²) >= 11 is 1.79. The number of aliphatic imine (C=N–C) groups is 1. The zero-order chi connectivity index (χ0) is 17.0. The fourth-order valence-corrected chi connectivity index (χ4v) is 5.53. The molecule has 0 amide bonds. The maximum atomic E-state index is 12.2. The molecule has 25 heavy (non-hydrogen) atoms. The van der Waals surface area contributed by atoms with Gasteiger partial charge in [-0.1, -0.05) is 6.07 Å². The molecule has 3 N–H and O–H groups in total. The lowest BCUT2D eigenvalue weighted by Gasteiger charge is -2.25. The van der Waals surface area contributed by atoms with Crippen molar-refractivity contribution in [2.75, 3.05) is 42.2 Å². The zero-order valence-corrected chi connectivity index (χ0v) is 18.1. The third kappa shape index (κ3) is 5.73. The highest BCUT2D eigenvalue weighted by Crippen LogP contribution is 2.24. The summed E-state index contributed by atoms with van der Waals surface area (Å²) in [6.07, 6.45) is 3.45.